The van der Waals surface area contributed by atoms with Gasteiger partial charge in [0.15, 0.2) is 0 Å². The van der Waals surface area contributed by atoms with Crippen molar-refractivity contribution in [1.29, 1.82) is 0 Å². The van der Waals surface area contributed by atoms with E-state index in [2.05, 4.69) is 0 Å². The van der Waals surface area contributed by atoms with Crippen LogP contribution < -0.4 is 0 Å². The third-order valence-corrected chi connectivity index (χ3v) is 2.85. The first-order valence-electron chi connectivity index (χ1n) is 5.32. The molecule has 0 saturated carbocycles. The summed E-state index contributed by atoms with van der Waals surface area (Å²) in [5, 5.41) is 19.6. The predicted molar refractivity (Wildman–Crippen MR) is 59.5 cm³/mol. The van der Waals surface area contributed by atoms with Crippen molar-refractivity contribution in [2.24, 2.45) is 0 Å². The lowest BCUT2D eigenvalue weighted by molar-refractivity contribution is 0.0534. The Hall–Kier alpha value is -1.12. The van der Waals surface area contributed by atoms with Gasteiger partial charge in [-0.25, -0.2) is 0 Å². The van der Waals surface area contributed by atoms with Crippen molar-refractivity contribution >= 4 is 0 Å². The van der Waals surface area contributed by atoms with Crippen LogP contribution in [-0.2, 0) is 6.42 Å². The van der Waals surface area contributed by atoms with Gasteiger partial charge >= 0.3 is 0 Å². The van der Waals surface area contributed by atoms with E-state index in [0.29, 0.717) is 19.3 Å². The van der Waals surface area contributed by atoms with E-state index < -0.39 is 5.60 Å². The summed E-state index contributed by atoms with van der Waals surface area (Å²) >= 11 is 0. The van der Waals surface area contributed by atoms with E-state index in [1.165, 1.54) is 0 Å². The van der Waals surface area contributed by atoms with Crippen molar-refractivity contribution in [3.63, 3.8) is 0 Å². The monoisotopic (exact) mass is 204 g/mol. The van der Waals surface area contributed by atoms with Crippen molar-refractivity contribution in [2.45, 2.75) is 31.0 Å². The van der Waals surface area contributed by atoms with Crippen LogP contribution in [0.15, 0.2) is 42.5 Å². The van der Waals surface area contributed by atoms with E-state index in [9.17, 15) is 10.2 Å². The molecule has 0 amide bonds. The second-order valence-corrected chi connectivity index (χ2v) is 4.23. The first kappa shape index (κ1) is 10.4. The maximum absolute atomic E-state index is 10.2. The standard InChI is InChI=1S/C13H16O2/c14-12-6-8-13(15,9-7-12)10-11-4-2-1-3-5-11/h1-6,8,12,14-15H,7,9-10H2. The molecule has 1 aromatic carbocycles. The molecule has 0 fully saturated rings. The van der Waals surface area contributed by atoms with Crippen LogP contribution in [0.5, 0.6) is 0 Å². The number of aliphatic hydroxyl groups excluding tert-OH is 1. The van der Waals surface area contributed by atoms with Crippen LogP contribution in [0.1, 0.15) is 18.4 Å². The zero-order valence-corrected chi connectivity index (χ0v) is 8.63. The summed E-state index contributed by atoms with van der Waals surface area (Å²) in [7, 11) is 0. The lowest BCUT2D eigenvalue weighted by Gasteiger charge is -2.29. The van der Waals surface area contributed by atoms with Gasteiger partial charge in [0.05, 0.1) is 11.7 Å². The highest BCUT2D eigenvalue weighted by Gasteiger charge is 2.27. The number of aliphatic hydroxyl groups is 2. The molecule has 2 atom stereocenters. The Balaban J connectivity index is 2.09. The topological polar surface area (TPSA) is 40.5 Å². The van der Waals surface area contributed by atoms with Crippen LogP contribution in [0.3, 0.4) is 0 Å². The molecule has 1 aliphatic carbocycles. The summed E-state index contributed by atoms with van der Waals surface area (Å²) in [6.45, 7) is 0. The highest BCUT2D eigenvalue weighted by Crippen LogP contribution is 2.26. The number of hydrogen-bond acceptors (Lipinski definition) is 2. The number of benzene rings is 1. The normalized spacial score (nSPS) is 30.4. The molecule has 2 N–H and O–H groups in total. The van der Waals surface area contributed by atoms with Gasteiger partial charge < -0.3 is 10.2 Å². The van der Waals surface area contributed by atoms with Gasteiger partial charge in [-0.3, -0.25) is 0 Å². The zero-order valence-electron chi connectivity index (χ0n) is 8.63. The van der Waals surface area contributed by atoms with Crippen LogP contribution in [0, 0.1) is 0 Å². The Morgan fingerprint density at radius 3 is 2.60 bits per heavy atom. The quantitative estimate of drug-likeness (QED) is 0.719. The lowest BCUT2D eigenvalue weighted by Crippen LogP contribution is -2.33. The minimum atomic E-state index is -0.777. The zero-order chi connectivity index (χ0) is 10.7. The number of rotatable bonds is 2. The molecule has 0 saturated heterocycles. The van der Waals surface area contributed by atoms with E-state index in [-0.39, 0.29) is 6.10 Å². The maximum Gasteiger partial charge on any atom is 0.0869 e. The SMILES string of the molecule is OC1C=CC(O)(Cc2ccccc2)CC1. The molecule has 0 bridgehead atoms. The van der Waals surface area contributed by atoms with Gasteiger partial charge in [-0.15, -0.1) is 0 Å². The van der Waals surface area contributed by atoms with Gasteiger partial charge in [0.25, 0.3) is 0 Å². The van der Waals surface area contributed by atoms with Crippen molar-refractivity contribution < 1.29 is 10.2 Å². The first-order valence-corrected chi connectivity index (χ1v) is 5.32. The van der Waals surface area contributed by atoms with Gasteiger partial charge in [-0.1, -0.05) is 42.5 Å². The smallest absolute Gasteiger partial charge is 0.0869 e. The summed E-state index contributed by atoms with van der Waals surface area (Å²) in [6, 6.07) is 9.93. The number of hydrogen-bond donors (Lipinski definition) is 2. The Labute approximate surface area is 89.9 Å². The average molecular weight is 204 g/mol. The molecule has 0 aliphatic heterocycles. The lowest BCUT2D eigenvalue weighted by atomic mass is 9.85. The van der Waals surface area contributed by atoms with Crippen molar-refractivity contribution in [3.8, 4) is 0 Å². The molecule has 15 heavy (non-hydrogen) atoms. The van der Waals surface area contributed by atoms with Crippen LogP contribution in [-0.4, -0.2) is 21.9 Å². The summed E-state index contributed by atoms with van der Waals surface area (Å²) in [5.74, 6) is 0. The van der Waals surface area contributed by atoms with Gasteiger partial charge in [0.2, 0.25) is 0 Å². The summed E-state index contributed by atoms with van der Waals surface area (Å²) in [4.78, 5) is 0. The van der Waals surface area contributed by atoms with Crippen LogP contribution >= 0.6 is 0 Å². The third kappa shape index (κ3) is 2.67. The molecule has 2 unspecified atom stereocenters. The van der Waals surface area contributed by atoms with Crippen molar-refractivity contribution in [2.75, 3.05) is 0 Å². The summed E-state index contributed by atoms with van der Waals surface area (Å²) in [5.41, 5.74) is 0.349. The molecule has 2 rings (SSSR count). The Morgan fingerprint density at radius 2 is 2.00 bits per heavy atom. The van der Waals surface area contributed by atoms with E-state index in [0.717, 1.165) is 5.56 Å². The maximum atomic E-state index is 10.2. The molecule has 80 valence electrons. The Morgan fingerprint density at radius 1 is 1.27 bits per heavy atom. The molecular formula is C13H16O2. The second kappa shape index (κ2) is 4.17. The highest BCUT2D eigenvalue weighted by atomic mass is 16.3. The Bertz CT molecular complexity index is 345. The van der Waals surface area contributed by atoms with Crippen molar-refractivity contribution in [1.82, 2.24) is 0 Å². The molecule has 2 heteroatoms. The highest BCUT2D eigenvalue weighted by molar-refractivity contribution is 5.21. The summed E-state index contributed by atoms with van der Waals surface area (Å²) in [6.07, 6.45) is 4.91. The van der Waals surface area contributed by atoms with Crippen LogP contribution in [0.4, 0.5) is 0 Å². The van der Waals surface area contributed by atoms with Crippen molar-refractivity contribution in [3.05, 3.63) is 48.0 Å². The molecule has 0 aromatic heterocycles. The van der Waals surface area contributed by atoms with E-state index in [1.807, 2.05) is 30.3 Å². The van der Waals surface area contributed by atoms with E-state index in [1.54, 1.807) is 12.2 Å². The van der Waals surface area contributed by atoms with Gasteiger partial charge in [0.1, 0.15) is 0 Å². The second-order valence-electron chi connectivity index (χ2n) is 4.23. The van der Waals surface area contributed by atoms with Crippen LogP contribution in [0.25, 0.3) is 0 Å². The predicted octanol–water partition coefficient (Wildman–Crippen LogP) is 1.67. The minimum absolute atomic E-state index is 0.388. The fraction of sp³-hybridized carbons (Fsp3) is 0.385. The van der Waals surface area contributed by atoms with Crippen LogP contribution in [0.2, 0.25) is 0 Å². The average Bonchev–Trinajstić information content (AvgIpc) is 2.24. The molecular weight excluding hydrogens is 188 g/mol. The molecule has 2 nitrogen and oxygen atoms in total. The van der Waals surface area contributed by atoms with E-state index >= 15 is 0 Å². The molecule has 1 aromatic rings. The fourth-order valence-corrected chi connectivity index (χ4v) is 1.96. The van der Waals surface area contributed by atoms with Gasteiger partial charge in [-0.05, 0) is 18.4 Å². The van der Waals surface area contributed by atoms with Gasteiger partial charge in [0, 0.05) is 6.42 Å². The first-order chi connectivity index (χ1) is 7.18. The molecule has 0 heterocycles. The molecule has 1 aliphatic rings. The summed E-state index contributed by atoms with van der Waals surface area (Å²) < 4.78 is 0. The third-order valence-electron chi connectivity index (χ3n) is 2.85. The molecule has 0 spiro atoms. The largest absolute Gasteiger partial charge is 0.389 e. The Kier molecular flexibility index (Phi) is 2.89. The van der Waals surface area contributed by atoms with E-state index in [4.69, 9.17) is 0 Å². The fourth-order valence-electron chi connectivity index (χ4n) is 1.96. The van der Waals surface area contributed by atoms with Gasteiger partial charge in [-0.2, -0.15) is 0 Å². The minimum Gasteiger partial charge on any atom is -0.389 e. The molecule has 0 radical (unpaired) electrons.